The second-order valence-electron chi connectivity index (χ2n) is 5.82. The third-order valence-electron chi connectivity index (χ3n) is 4.17. The first-order valence-electron chi connectivity index (χ1n) is 8.07. The topological polar surface area (TPSA) is 73.0 Å². The summed E-state index contributed by atoms with van der Waals surface area (Å²) in [7, 11) is 2.06. The number of nitrogens with one attached hydrogen (secondary N) is 3. The van der Waals surface area contributed by atoms with Gasteiger partial charge in [-0.1, -0.05) is 18.2 Å². The summed E-state index contributed by atoms with van der Waals surface area (Å²) in [6.45, 7) is 3.18. The summed E-state index contributed by atoms with van der Waals surface area (Å²) in [5, 5.41) is 13.4. The zero-order valence-corrected chi connectivity index (χ0v) is 13.4. The lowest BCUT2D eigenvalue weighted by Gasteiger charge is -2.19. The Kier molecular flexibility index (Phi) is 4.92. The molecule has 0 spiro atoms. The molecule has 0 unspecified atom stereocenters. The monoisotopic (exact) mass is 313 g/mol. The lowest BCUT2D eigenvalue weighted by Crippen LogP contribution is -2.30. The maximum Gasteiger partial charge on any atom is 0.272 e. The molecule has 6 nitrogen and oxygen atoms in total. The fourth-order valence-corrected chi connectivity index (χ4v) is 2.83. The Morgan fingerprint density at radius 3 is 3.00 bits per heavy atom. The third kappa shape index (κ3) is 3.71. The van der Waals surface area contributed by atoms with E-state index in [0.717, 1.165) is 37.2 Å². The highest BCUT2D eigenvalue weighted by Crippen LogP contribution is 2.15. The lowest BCUT2D eigenvalue weighted by atomic mass is 10.1. The SMILES string of the molecule is CN(CCCNC(=O)c1n[nH]c2c1CNCC2)c1ccccc1. The molecular formula is C17H23N5O. The van der Waals surface area contributed by atoms with Gasteiger partial charge in [-0.25, -0.2) is 0 Å². The third-order valence-corrected chi connectivity index (χ3v) is 4.17. The zero-order valence-electron chi connectivity index (χ0n) is 13.4. The van der Waals surface area contributed by atoms with Gasteiger partial charge in [0.05, 0.1) is 0 Å². The summed E-state index contributed by atoms with van der Waals surface area (Å²) in [4.78, 5) is 14.4. The van der Waals surface area contributed by atoms with Crippen molar-refractivity contribution in [1.29, 1.82) is 0 Å². The highest BCUT2D eigenvalue weighted by atomic mass is 16.1. The number of hydrogen-bond donors (Lipinski definition) is 3. The van der Waals surface area contributed by atoms with Gasteiger partial charge in [-0.15, -0.1) is 0 Å². The largest absolute Gasteiger partial charge is 0.375 e. The quantitative estimate of drug-likeness (QED) is 0.703. The van der Waals surface area contributed by atoms with Crippen molar-refractivity contribution in [2.45, 2.75) is 19.4 Å². The Bertz CT molecular complexity index is 652. The number of benzene rings is 1. The van der Waals surface area contributed by atoms with Gasteiger partial charge in [-0.2, -0.15) is 5.10 Å². The number of para-hydroxylation sites is 1. The molecule has 0 saturated heterocycles. The Balaban J connectivity index is 1.46. The molecule has 0 saturated carbocycles. The van der Waals surface area contributed by atoms with E-state index >= 15 is 0 Å². The molecule has 0 aliphatic carbocycles. The molecule has 1 aliphatic rings. The van der Waals surface area contributed by atoms with Crippen LogP contribution in [0.5, 0.6) is 0 Å². The summed E-state index contributed by atoms with van der Waals surface area (Å²) in [6, 6.07) is 10.2. The summed E-state index contributed by atoms with van der Waals surface area (Å²) >= 11 is 0. The van der Waals surface area contributed by atoms with Gasteiger partial charge >= 0.3 is 0 Å². The van der Waals surface area contributed by atoms with E-state index in [4.69, 9.17) is 0 Å². The molecule has 3 rings (SSSR count). The number of fused-ring (bicyclic) bond motifs is 1. The maximum absolute atomic E-state index is 12.3. The van der Waals surface area contributed by atoms with Crippen LogP contribution in [0.2, 0.25) is 0 Å². The van der Waals surface area contributed by atoms with Crippen molar-refractivity contribution in [2.24, 2.45) is 0 Å². The zero-order chi connectivity index (χ0) is 16.1. The number of aromatic nitrogens is 2. The van der Waals surface area contributed by atoms with Crippen LogP contribution in [-0.2, 0) is 13.0 Å². The van der Waals surface area contributed by atoms with Crippen LogP contribution >= 0.6 is 0 Å². The van der Waals surface area contributed by atoms with E-state index in [1.54, 1.807) is 0 Å². The minimum Gasteiger partial charge on any atom is -0.375 e. The molecule has 122 valence electrons. The minimum absolute atomic E-state index is 0.0893. The van der Waals surface area contributed by atoms with Gasteiger partial charge < -0.3 is 15.5 Å². The molecule has 6 heteroatoms. The van der Waals surface area contributed by atoms with Crippen LogP contribution in [0.15, 0.2) is 30.3 Å². The molecule has 1 amide bonds. The molecule has 1 aromatic carbocycles. The van der Waals surface area contributed by atoms with Gasteiger partial charge in [0.25, 0.3) is 5.91 Å². The predicted molar refractivity (Wildman–Crippen MR) is 90.7 cm³/mol. The number of amides is 1. The second-order valence-corrected chi connectivity index (χ2v) is 5.82. The van der Waals surface area contributed by atoms with Crippen molar-refractivity contribution in [3.63, 3.8) is 0 Å². The van der Waals surface area contributed by atoms with E-state index in [0.29, 0.717) is 18.8 Å². The number of rotatable bonds is 6. The summed E-state index contributed by atoms with van der Waals surface area (Å²) in [5.41, 5.74) is 3.81. The highest BCUT2D eigenvalue weighted by Gasteiger charge is 2.21. The van der Waals surface area contributed by atoms with Crippen LogP contribution in [0.25, 0.3) is 0 Å². The highest BCUT2D eigenvalue weighted by molar-refractivity contribution is 5.94. The Hall–Kier alpha value is -2.34. The second kappa shape index (κ2) is 7.28. The van der Waals surface area contributed by atoms with Crippen LogP contribution in [0.1, 0.15) is 28.2 Å². The Morgan fingerprint density at radius 2 is 2.17 bits per heavy atom. The lowest BCUT2D eigenvalue weighted by molar-refractivity contribution is 0.0947. The van der Waals surface area contributed by atoms with Gasteiger partial charge in [-0.3, -0.25) is 9.89 Å². The molecular weight excluding hydrogens is 290 g/mol. The van der Waals surface area contributed by atoms with E-state index in [1.165, 1.54) is 5.69 Å². The van der Waals surface area contributed by atoms with Crippen LogP contribution in [0, 0.1) is 0 Å². The molecule has 3 N–H and O–H groups in total. The first-order valence-corrected chi connectivity index (χ1v) is 8.07. The molecule has 2 heterocycles. The molecule has 0 atom stereocenters. The van der Waals surface area contributed by atoms with E-state index in [-0.39, 0.29) is 5.91 Å². The smallest absolute Gasteiger partial charge is 0.272 e. The summed E-state index contributed by atoms with van der Waals surface area (Å²) in [6.07, 6.45) is 1.79. The maximum atomic E-state index is 12.3. The molecule has 0 bridgehead atoms. The van der Waals surface area contributed by atoms with Gasteiger partial charge in [0.2, 0.25) is 0 Å². The van der Waals surface area contributed by atoms with Crippen molar-refractivity contribution in [1.82, 2.24) is 20.8 Å². The Morgan fingerprint density at radius 1 is 1.35 bits per heavy atom. The fraction of sp³-hybridized carbons (Fsp3) is 0.412. The molecule has 0 radical (unpaired) electrons. The molecule has 1 aromatic heterocycles. The first-order chi connectivity index (χ1) is 11.3. The number of hydrogen-bond acceptors (Lipinski definition) is 4. The van der Waals surface area contributed by atoms with Gasteiger partial charge in [0, 0.05) is 56.6 Å². The van der Waals surface area contributed by atoms with Gasteiger partial charge in [0.1, 0.15) is 0 Å². The van der Waals surface area contributed by atoms with Crippen molar-refractivity contribution < 1.29 is 4.79 Å². The first kappa shape index (κ1) is 15.6. The average Bonchev–Trinajstić information content (AvgIpc) is 3.03. The van der Waals surface area contributed by atoms with Crippen molar-refractivity contribution >= 4 is 11.6 Å². The van der Waals surface area contributed by atoms with Crippen molar-refractivity contribution in [3.8, 4) is 0 Å². The van der Waals surface area contributed by atoms with E-state index in [1.807, 2.05) is 18.2 Å². The summed E-state index contributed by atoms with van der Waals surface area (Å²) in [5.74, 6) is -0.0893. The molecule has 1 aliphatic heterocycles. The molecule has 2 aromatic rings. The van der Waals surface area contributed by atoms with E-state index < -0.39 is 0 Å². The standard InChI is InChI=1S/C17H23N5O/c1-22(13-6-3-2-4-7-13)11-5-9-19-17(23)16-14-12-18-10-8-15(14)20-21-16/h2-4,6-7,18H,5,8-12H2,1H3,(H,19,23)(H,20,21). The van der Waals surface area contributed by atoms with Crippen molar-refractivity contribution in [2.75, 3.05) is 31.6 Å². The minimum atomic E-state index is -0.0893. The van der Waals surface area contributed by atoms with E-state index in [2.05, 4.69) is 44.9 Å². The summed E-state index contributed by atoms with van der Waals surface area (Å²) < 4.78 is 0. The molecule has 0 fully saturated rings. The number of carbonyl (C=O) groups is 1. The number of anilines is 1. The van der Waals surface area contributed by atoms with E-state index in [9.17, 15) is 4.79 Å². The fourth-order valence-electron chi connectivity index (χ4n) is 2.83. The normalized spacial score (nSPS) is 13.4. The van der Waals surface area contributed by atoms with Gasteiger partial charge in [-0.05, 0) is 18.6 Å². The number of H-pyrrole nitrogens is 1. The van der Waals surface area contributed by atoms with Crippen LogP contribution in [0.3, 0.4) is 0 Å². The van der Waals surface area contributed by atoms with Crippen molar-refractivity contribution in [3.05, 3.63) is 47.3 Å². The van der Waals surface area contributed by atoms with Crippen LogP contribution < -0.4 is 15.5 Å². The predicted octanol–water partition coefficient (Wildman–Crippen LogP) is 1.31. The Labute approximate surface area is 136 Å². The van der Waals surface area contributed by atoms with Gasteiger partial charge in [0.15, 0.2) is 5.69 Å². The number of aromatic amines is 1. The number of carbonyl (C=O) groups excluding carboxylic acids is 1. The number of nitrogens with zero attached hydrogens (tertiary/aromatic N) is 2. The average molecular weight is 313 g/mol. The van der Waals surface area contributed by atoms with Crippen LogP contribution in [0.4, 0.5) is 5.69 Å². The van der Waals surface area contributed by atoms with Crippen LogP contribution in [-0.4, -0.2) is 42.8 Å². The molecule has 23 heavy (non-hydrogen) atoms.